The topological polar surface area (TPSA) is 96.2 Å². The average molecular weight is 296 g/mol. The van der Waals surface area contributed by atoms with Crippen LogP contribution in [-0.4, -0.2) is 53.3 Å². The molecule has 21 heavy (non-hydrogen) atoms. The highest BCUT2D eigenvalue weighted by atomic mass is 16.5. The van der Waals surface area contributed by atoms with Crippen LogP contribution in [0.4, 0.5) is 0 Å². The minimum absolute atomic E-state index is 0.193. The van der Waals surface area contributed by atoms with Gasteiger partial charge in [0.2, 0.25) is 0 Å². The van der Waals surface area contributed by atoms with Crippen molar-refractivity contribution in [1.82, 2.24) is 0 Å². The van der Waals surface area contributed by atoms with Gasteiger partial charge in [0, 0.05) is 0 Å². The number of ether oxygens (including phenoxy) is 2. The van der Waals surface area contributed by atoms with Gasteiger partial charge in [-0.2, -0.15) is 0 Å². The van der Waals surface area contributed by atoms with Gasteiger partial charge in [0.05, 0.1) is 25.9 Å². The van der Waals surface area contributed by atoms with Crippen molar-refractivity contribution in [2.24, 2.45) is 0 Å². The van der Waals surface area contributed by atoms with Gasteiger partial charge in [-0.1, -0.05) is 36.9 Å². The van der Waals surface area contributed by atoms with Gasteiger partial charge in [0.25, 0.3) is 0 Å². The molecule has 0 fully saturated rings. The second-order valence-corrected chi connectivity index (χ2v) is 4.52. The quantitative estimate of drug-likeness (QED) is 0.462. The maximum Gasteiger partial charge on any atom is 0.335 e. The van der Waals surface area contributed by atoms with Crippen molar-refractivity contribution in [3.8, 4) is 0 Å². The normalized spacial score (nSPS) is 15.0. The molecule has 6 nitrogen and oxygen atoms in total. The highest BCUT2D eigenvalue weighted by Crippen LogP contribution is 2.11. The molecule has 0 spiro atoms. The van der Waals surface area contributed by atoms with Crippen molar-refractivity contribution >= 4 is 5.97 Å². The Hall–Kier alpha value is -1.73. The summed E-state index contributed by atoms with van der Waals surface area (Å²) in [6, 6.07) is 9.30. The highest BCUT2D eigenvalue weighted by Gasteiger charge is 2.30. The summed E-state index contributed by atoms with van der Waals surface area (Å²) in [5.41, 5.74) is 0.589. The Morgan fingerprint density at radius 1 is 1.24 bits per heavy atom. The summed E-state index contributed by atoms with van der Waals surface area (Å²) in [4.78, 5) is 11.2. The molecule has 0 aromatic heterocycles. The fourth-order valence-corrected chi connectivity index (χ4v) is 1.64. The number of aliphatic hydroxyl groups is 3. The maximum absolute atomic E-state index is 11.2. The van der Waals surface area contributed by atoms with Crippen molar-refractivity contribution in [1.29, 1.82) is 0 Å². The SMILES string of the molecule is C=C(C(=O)OC)[C@H](O)[C@H](O)[C@@H](O)COCc1ccccc1. The van der Waals surface area contributed by atoms with Crippen molar-refractivity contribution in [3.63, 3.8) is 0 Å². The molecule has 0 aliphatic carbocycles. The number of carbonyl (C=O) groups excluding carboxylic acids is 1. The van der Waals surface area contributed by atoms with Gasteiger partial charge in [0.15, 0.2) is 0 Å². The Morgan fingerprint density at radius 3 is 2.43 bits per heavy atom. The lowest BCUT2D eigenvalue weighted by molar-refractivity contribution is -0.139. The Labute approximate surface area is 123 Å². The molecular weight excluding hydrogens is 276 g/mol. The number of benzene rings is 1. The van der Waals surface area contributed by atoms with E-state index in [9.17, 15) is 20.1 Å². The summed E-state index contributed by atoms with van der Waals surface area (Å²) in [6.07, 6.45) is -4.56. The Morgan fingerprint density at radius 2 is 1.86 bits per heavy atom. The lowest BCUT2D eigenvalue weighted by atomic mass is 10.0. The summed E-state index contributed by atoms with van der Waals surface area (Å²) in [6.45, 7) is 3.39. The van der Waals surface area contributed by atoms with Gasteiger partial charge in [-0.25, -0.2) is 4.79 Å². The lowest BCUT2D eigenvalue weighted by Crippen LogP contribution is -2.42. The molecule has 116 valence electrons. The van der Waals surface area contributed by atoms with Crippen LogP contribution in [0.2, 0.25) is 0 Å². The summed E-state index contributed by atoms with van der Waals surface area (Å²) in [7, 11) is 1.13. The van der Waals surface area contributed by atoms with E-state index in [1.165, 1.54) is 0 Å². The van der Waals surface area contributed by atoms with E-state index in [2.05, 4.69) is 11.3 Å². The molecule has 0 aliphatic heterocycles. The first-order valence-corrected chi connectivity index (χ1v) is 6.40. The fourth-order valence-electron chi connectivity index (χ4n) is 1.64. The van der Waals surface area contributed by atoms with Gasteiger partial charge in [-0.15, -0.1) is 0 Å². The Kier molecular flexibility index (Phi) is 7.04. The average Bonchev–Trinajstić information content (AvgIpc) is 2.52. The van der Waals surface area contributed by atoms with Gasteiger partial charge >= 0.3 is 5.97 Å². The van der Waals surface area contributed by atoms with Crippen LogP contribution in [0.1, 0.15) is 5.56 Å². The van der Waals surface area contributed by atoms with Crippen LogP contribution in [0.5, 0.6) is 0 Å². The third kappa shape index (κ3) is 5.28. The van der Waals surface area contributed by atoms with Crippen molar-refractivity contribution in [3.05, 3.63) is 48.0 Å². The molecular formula is C15H20O6. The van der Waals surface area contributed by atoms with Crippen LogP contribution >= 0.6 is 0 Å². The molecule has 0 saturated heterocycles. The van der Waals surface area contributed by atoms with Crippen molar-refractivity contribution < 1.29 is 29.6 Å². The number of hydrogen-bond donors (Lipinski definition) is 3. The minimum Gasteiger partial charge on any atom is -0.466 e. The first-order valence-electron chi connectivity index (χ1n) is 6.40. The van der Waals surface area contributed by atoms with Gasteiger partial charge in [-0.05, 0) is 5.56 Å². The van der Waals surface area contributed by atoms with E-state index in [1.807, 2.05) is 30.3 Å². The van der Waals surface area contributed by atoms with Crippen LogP contribution in [0.3, 0.4) is 0 Å². The second-order valence-electron chi connectivity index (χ2n) is 4.52. The molecule has 0 amide bonds. The largest absolute Gasteiger partial charge is 0.466 e. The standard InChI is InChI=1S/C15H20O6/c1-10(15(19)20-2)13(17)14(18)12(16)9-21-8-11-6-4-3-5-7-11/h3-7,12-14,16-18H,1,8-9H2,2H3/t12-,13-,14+/m0/s1. The number of rotatable bonds is 8. The summed E-state index contributed by atoms with van der Waals surface area (Å²) in [5.74, 6) is -0.848. The molecule has 1 rings (SSSR count). The lowest BCUT2D eigenvalue weighted by Gasteiger charge is -2.23. The monoisotopic (exact) mass is 296 g/mol. The number of esters is 1. The van der Waals surface area contributed by atoms with E-state index in [0.717, 1.165) is 12.7 Å². The molecule has 0 heterocycles. The zero-order chi connectivity index (χ0) is 15.8. The number of methoxy groups -OCH3 is 1. The number of hydrogen-bond acceptors (Lipinski definition) is 6. The molecule has 3 N–H and O–H groups in total. The Balaban J connectivity index is 2.42. The second kappa shape index (κ2) is 8.53. The molecule has 1 aromatic carbocycles. The zero-order valence-electron chi connectivity index (χ0n) is 11.8. The van der Waals surface area contributed by atoms with E-state index >= 15 is 0 Å². The van der Waals surface area contributed by atoms with Gasteiger partial charge < -0.3 is 24.8 Å². The van der Waals surface area contributed by atoms with Crippen LogP contribution in [0.25, 0.3) is 0 Å². The smallest absolute Gasteiger partial charge is 0.335 e. The van der Waals surface area contributed by atoms with E-state index in [0.29, 0.717) is 0 Å². The first kappa shape index (κ1) is 17.3. The predicted molar refractivity (Wildman–Crippen MR) is 75.3 cm³/mol. The van der Waals surface area contributed by atoms with Crippen LogP contribution in [0.15, 0.2) is 42.5 Å². The van der Waals surface area contributed by atoms with E-state index in [4.69, 9.17) is 4.74 Å². The van der Waals surface area contributed by atoms with Gasteiger partial charge in [-0.3, -0.25) is 0 Å². The highest BCUT2D eigenvalue weighted by molar-refractivity contribution is 5.88. The maximum atomic E-state index is 11.2. The third-order valence-corrected chi connectivity index (χ3v) is 2.92. The number of aliphatic hydroxyl groups excluding tert-OH is 3. The molecule has 6 heteroatoms. The van der Waals surface area contributed by atoms with Crippen LogP contribution < -0.4 is 0 Å². The fraction of sp³-hybridized carbons (Fsp3) is 0.400. The first-order chi connectivity index (χ1) is 9.97. The summed E-state index contributed by atoms with van der Waals surface area (Å²) >= 11 is 0. The molecule has 0 bridgehead atoms. The zero-order valence-corrected chi connectivity index (χ0v) is 11.8. The third-order valence-electron chi connectivity index (χ3n) is 2.92. The summed E-state index contributed by atoms with van der Waals surface area (Å²) in [5, 5.41) is 29.2. The molecule has 0 saturated carbocycles. The summed E-state index contributed by atoms with van der Waals surface area (Å²) < 4.78 is 9.63. The van der Waals surface area contributed by atoms with Gasteiger partial charge in [0.1, 0.15) is 18.3 Å². The van der Waals surface area contributed by atoms with E-state index in [-0.39, 0.29) is 18.8 Å². The molecule has 0 radical (unpaired) electrons. The molecule has 0 aliphatic rings. The van der Waals surface area contributed by atoms with E-state index in [1.54, 1.807) is 0 Å². The predicted octanol–water partition coefficient (Wildman–Crippen LogP) is 0.0151. The van der Waals surface area contributed by atoms with Crippen molar-refractivity contribution in [2.75, 3.05) is 13.7 Å². The van der Waals surface area contributed by atoms with Crippen LogP contribution in [0, 0.1) is 0 Å². The molecule has 0 unspecified atom stereocenters. The minimum atomic E-state index is -1.62. The number of carbonyl (C=O) groups is 1. The molecule has 1 aromatic rings. The van der Waals surface area contributed by atoms with Crippen LogP contribution in [-0.2, 0) is 20.9 Å². The van der Waals surface area contributed by atoms with E-state index < -0.39 is 24.3 Å². The molecule has 3 atom stereocenters. The Bertz CT molecular complexity index is 458. The van der Waals surface area contributed by atoms with Crippen molar-refractivity contribution in [2.45, 2.75) is 24.9 Å².